The molecule has 8 nitrogen and oxygen atoms in total. The number of carbonyl (C=O) groups excluding carboxylic acids is 2. The molecule has 0 radical (unpaired) electrons. The Morgan fingerprint density at radius 2 is 0.579 bits per heavy atom. The summed E-state index contributed by atoms with van der Waals surface area (Å²) in [6, 6.07) is -1.02. The van der Waals surface area contributed by atoms with Crippen LogP contribution >= 0.6 is 0 Å². The third kappa shape index (κ3) is 51.5. The molecule has 0 saturated carbocycles. The molecule has 336 valence electrons. The van der Waals surface area contributed by atoms with Crippen LogP contribution in [0.3, 0.4) is 0 Å². The summed E-state index contributed by atoms with van der Waals surface area (Å²) in [5.41, 5.74) is 10.9. The quantitative estimate of drug-likeness (QED) is 0.0348. The number of aliphatic carboxylic acids is 2. The number of nitrogens with two attached hydrogens (primary N) is 2. The zero-order chi connectivity index (χ0) is 41.4. The van der Waals surface area contributed by atoms with Crippen molar-refractivity contribution in [3.8, 4) is 0 Å². The number of carboxylic acids is 2. The molecule has 6 N–H and O–H groups in total. The van der Waals surface area contributed by atoms with E-state index in [0.29, 0.717) is 25.9 Å². The Hall–Kier alpha value is -0.597. The second-order valence-electron chi connectivity index (χ2n) is 16.8. The minimum atomic E-state index is -0.978. The van der Waals surface area contributed by atoms with Crippen molar-refractivity contribution >= 4 is 11.9 Å². The van der Waals surface area contributed by atoms with Gasteiger partial charge in [-0.3, -0.25) is 0 Å². The molecule has 0 bridgehead atoms. The van der Waals surface area contributed by atoms with E-state index in [4.69, 9.17) is 11.5 Å². The summed E-state index contributed by atoms with van der Waals surface area (Å²) < 4.78 is 0. The monoisotopic (exact) mass is 859 g/mol. The van der Waals surface area contributed by atoms with Gasteiger partial charge in [-0.05, 0) is 64.7 Å². The maximum Gasteiger partial charge on any atom is 2.00 e. The molecule has 0 aromatic rings. The zero-order valence-corrected chi connectivity index (χ0v) is 41.3. The average molecular weight is 861 g/mol. The van der Waals surface area contributed by atoms with Crippen LogP contribution in [0.5, 0.6) is 0 Å². The Labute approximate surface area is 367 Å². The molecule has 2 unspecified atom stereocenters. The number of rotatable bonds is 46. The first kappa shape index (κ1) is 60.7. The molecule has 0 aliphatic rings. The molecule has 0 rings (SSSR count). The van der Waals surface area contributed by atoms with E-state index in [2.05, 4.69) is 24.5 Å². The molecule has 0 amide bonds. The summed E-state index contributed by atoms with van der Waals surface area (Å²) in [5, 5.41) is 28.4. The maximum atomic E-state index is 11.1. The van der Waals surface area contributed by atoms with E-state index < -0.39 is 24.0 Å². The molecule has 0 spiro atoms. The molecular weight excluding hydrogens is 762 g/mol. The van der Waals surface area contributed by atoms with Crippen molar-refractivity contribution in [2.75, 3.05) is 26.2 Å². The summed E-state index contributed by atoms with van der Waals surface area (Å²) in [4.78, 5) is 22.2. The van der Waals surface area contributed by atoms with Gasteiger partial charge in [-0.15, -0.1) is 0 Å². The van der Waals surface area contributed by atoms with Crippen LogP contribution in [-0.4, -0.2) is 50.2 Å². The molecule has 2 atom stereocenters. The van der Waals surface area contributed by atoms with Gasteiger partial charge in [0.15, 0.2) is 0 Å². The van der Waals surface area contributed by atoms with Crippen LogP contribution in [0.4, 0.5) is 0 Å². The van der Waals surface area contributed by atoms with Crippen LogP contribution in [0.15, 0.2) is 0 Å². The number of carboxylic acid groups (broad SMARTS) is 2. The largest absolute Gasteiger partial charge is 2.00 e. The second-order valence-corrected chi connectivity index (χ2v) is 16.8. The van der Waals surface area contributed by atoms with Gasteiger partial charge in [0.2, 0.25) is 0 Å². The van der Waals surface area contributed by atoms with E-state index in [1.807, 2.05) is 0 Å². The Kier molecular flexibility index (Phi) is 56.9. The summed E-state index contributed by atoms with van der Waals surface area (Å²) in [5.74, 6) is -1.96. The van der Waals surface area contributed by atoms with Crippen molar-refractivity contribution in [3.05, 3.63) is 0 Å². The molecule has 0 saturated heterocycles. The number of carbonyl (C=O) groups is 2. The first-order valence-corrected chi connectivity index (χ1v) is 24.7. The molecule has 0 aliphatic heterocycles. The van der Waals surface area contributed by atoms with Crippen molar-refractivity contribution in [2.24, 2.45) is 11.5 Å². The first-order chi connectivity index (χ1) is 27.4. The van der Waals surface area contributed by atoms with E-state index in [1.54, 1.807) is 0 Å². The third-order valence-corrected chi connectivity index (χ3v) is 11.3. The second kappa shape index (κ2) is 53.4. The minimum Gasteiger partial charge on any atom is -0.548 e. The van der Waals surface area contributed by atoms with Gasteiger partial charge in [-0.1, -0.05) is 219 Å². The number of hydrogen-bond donors (Lipinski definition) is 4. The van der Waals surface area contributed by atoms with Crippen molar-refractivity contribution in [3.63, 3.8) is 0 Å². The predicted octanol–water partition coefficient (Wildman–Crippen LogP) is 10.2. The van der Waals surface area contributed by atoms with Crippen molar-refractivity contribution < 1.29 is 39.3 Å². The van der Waals surface area contributed by atoms with Crippen LogP contribution in [0.2, 0.25) is 0 Å². The van der Waals surface area contributed by atoms with Crippen LogP contribution in [0.1, 0.15) is 258 Å². The van der Waals surface area contributed by atoms with Gasteiger partial charge in [0, 0.05) is 12.1 Å². The molecule has 0 aromatic carbocycles. The zero-order valence-electron chi connectivity index (χ0n) is 38.3. The fourth-order valence-corrected chi connectivity index (χ4v) is 7.49. The molecule has 0 fully saturated rings. The fourth-order valence-electron chi connectivity index (χ4n) is 7.49. The first-order valence-electron chi connectivity index (χ1n) is 24.7. The summed E-state index contributed by atoms with van der Waals surface area (Å²) in [6.45, 7) is 7.36. The van der Waals surface area contributed by atoms with Gasteiger partial charge in [-0.2, -0.15) is 0 Å². The summed E-state index contributed by atoms with van der Waals surface area (Å²) in [6.07, 6.45) is 48.1. The van der Waals surface area contributed by atoms with Crippen molar-refractivity contribution in [2.45, 2.75) is 270 Å². The topological polar surface area (TPSA) is 156 Å². The fraction of sp³-hybridized carbons (Fsp3) is 0.958. The van der Waals surface area contributed by atoms with Gasteiger partial charge >= 0.3 is 19.5 Å². The average Bonchev–Trinajstić information content (AvgIpc) is 3.19. The standard InChI is InChI=1S/2C24H50N2O2.Zn/c2*1-2-3-4-5-6-7-8-9-10-11-12-13-14-15-16-19-22-26-23(24(27)28)20-17-18-21-25;/h2*23,26H,2-22,25H2,1H3,(H,27,28);/q;;+2/p-2. The van der Waals surface area contributed by atoms with Crippen LogP contribution in [-0.2, 0) is 29.1 Å². The van der Waals surface area contributed by atoms with E-state index >= 15 is 0 Å². The molecule has 57 heavy (non-hydrogen) atoms. The number of nitrogens with one attached hydrogen (secondary N) is 2. The third-order valence-electron chi connectivity index (χ3n) is 11.3. The molecule has 9 heteroatoms. The summed E-state index contributed by atoms with van der Waals surface area (Å²) in [7, 11) is 0. The van der Waals surface area contributed by atoms with Gasteiger partial charge in [-0.25, -0.2) is 0 Å². The molecular formula is C48H98N4O4Zn. The Balaban J connectivity index is -0.00000101. The van der Waals surface area contributed by atoms with Crippen molar-refractivity contribution in [1.82, 2.24) is 10.6 Å². The van der Waals surface area contributed by atoms with Crippen LogP contribution in [0, 0.1) is 0 Å². The van der Waals surface area contributed by atoms with E-state index in [1.165, 1.54) is 193 Å². The normalized spacial score (nSPS) is 12.1. The minimum absolute atomic E-state index is 0. The maximum absolute atomic E-state index is 11.1. The van der Waals surface area contributed by atoms with E-state index in [9.17, 15) is 19.8 Å². The predicted molar refractivity (Wildman–Crippen MR) is 238 cm³/mol. The van der Waals surface area contributed by atoms with Gasteiger partial charge in [0.1, 0.15) is 0 Å². The van der Waals surface area contributed by atoms with E-state index in [-0.39, 0.29) is 19.5 Å². The smallest absolute Gasteiger partial charge is 0.548 e. The number of hydrogen-bond acceptors (Lipinski definition) is 8. The van der Waals surface area contributed by atoms with Gasteiger partial charge in [0.25, 0.3) is 0 Å². The SMILES string of the molecule is CCCCCCCCCCCCCCCCCCNC(CCCCN)C(=O)[O-].CCCCCCCCCCCCCCCCCCNC(CCCCN)C(=O)[O-].[Zn+2]. The van der Waals surface area contributed by atoms with Crippen LogP contribution < -0.4 is 32.3 Å². The van der Waals surface area contributed by atoms with Gasteiger partial charge in [0.05, 0.1) is 11.9 Å². The summed E-state index contributed by atoms with van der Waals surface area (Å²) >= 11 is 0. The van der Waals surface area contributed by atoms with Gasteiger partial charge < -0.3 is 41.9 Å². The molecule has 0 heterocycles. The molecule has 0 aromatic heterocycles. The van der Waals surface area contributed by atoms with Crippen LogP contribution in [0.25, 0.3) is 0 Å². The van der Waals surface area contributed by atoms with Crippen molar-refractivity contribution in [1.29, 1.82) is 0 Å². The number of unbranched alkanes of at least 4 members (excludes halogenated alkanes) is 32. The van der Waals surface area contributed by atoms with E-state index in [0.717, 1.165) is 51.6 Å². The Bertz CT molecular complexity index is 717. The Morgan fingerprint density at radius 3 is 0.772 bits per heavy atom. The Morgan fingerprint density at radius 1 is 0.368 bits per heavy atom. The molecule has 0 aliphatic carbocycles.